The van der Waals surface area contributed by atoms with E-state index in [0.717, 1.165) is 24.8 Å². The largest absolute Gasteiger partial charge is 0.390 e. The molecule has 3 unspecified atom stereocenters. The maximum absolute atomic E-state index is 10.4. The molecule has 0 aromatic heterocycles. The molecule has 0 fully saturated rings. The monoisotopic (exact) mass is 234 g/mol. The molecule has 0 amide bonds. The molecule has 0 radical (unpaired) electrons. The Morgan fingerprint density at radius 3 is 2.76 bits per heavy atom. The first-order valence-corrected chi connectivity index (χ1v) is 6.52. The number of rotatable bonds is 3. The van der Waals surface area contributed by atoms with Crippen LogP contribution in [0, 0.1) is 5.92 Å². The quantitative estimate of drug-likeness (QED) is 0.844. The molecule has 0 aliphatic heterocycles. The van der Waals surface area contributed by atoms with Crippen molar-refractivity contribution in [3.05, 3.63) is 35.4 Å². The first-order valence-electron chi connectivity index (χ1n) is 6.52. The molecule has 17 heavy (non-hydrogen) atoms. The zero-order valence-electron chi connectivity index (χ0n) is 10.7. The fraction of sp³-hybridized carbons (Fsp3) is 0.600. The van der Waals surface area contributed by atoms with Crippen LogP contribution < -0.4 is 0 Å². The molecule has 2 heteroatoms. The average Bonchev–Trinajstić information content (AvgIpc) is 2.33. The van der Waals surface area contributed by atoms with Crippen LogP contribution in [0.3, 0.4) is 0 Å². The van der Waals surface area contributed by atoms with E-state index in [2.05, 4.69) is 6.07 Å². The summed E-state index contributed by atoms with van der Waals surface area (Å²) < 4.78 is 0. The van der Waals surface area contributed by atoms with E-state index in [1.807, 2.05) is 32.0 Å². The van der Waals surface area contributed by atoms with Gasteiger partial charge in [-0.3, -0.25) is 0 Å². The number of aliphatic hydroxyl groups excluding tert-OH is 1. The molecule has 1 aliphatic rings. The van der Waals surface area contributed by atoms with Gasteiger partial charge in [0.25, 0.3) is 0 Å². The Morgan fingerprint density at radius 1 is 1.35 bits per heavy atom. The Morgan fingerprint density at radius 2 is 2.06 bits per heavy atom. The molecule has 94 valence electrons. The molecule has 2 nitrogen and oxygen atoms in total. The van der Waals surface area contributed by atoms with Gasteiger partial charge in [0.05, 0.1) is 11.7 Å². The maximum atomic E-state index is 10.4. The second-order valence-electron chi connectivity index (χ2n) is 5.50. The molecule has 0 saturated carbocycles. The van der Waals surface area contributed by atoms with Crippen LogP contribution >= 0.6 is 0 Å². The minimum Gasteiger partial charge on any atom is -0.390 e. The van der Waals surface area contributed by atoms with Crippen molar-refractivity contribution in [3.8, 4) is 0 Å². The van der Waals surface area contributed by atoms with Crippen molar-refractivity contribution in [2.24, 2.45) is 5.92 Å². The van der Waals surface area contributed by atoms with Crippen LogP contribution in [0.4, 0.5) is 0 Å². The number of hydrogen-bond acceptors (Lipinski definition) is 2. The van der Waals surface area contributed by atoms with Crippen molar-refractivity contribution in [1.82, 2.24) is 0 Å². The van der Waals surface area contributed by atoms with Crippen molar-refractivity contribution >= 4 is 0 Å². The SMILES string of the molecule is CCC(C)(O)CC1CCc2ccccc2C1O. The normalized spacial score (nSPS) is 27.3. The van der Waals surface area contributed by atoms with Gasteiger partial charge in [-0.1, -0.05) is 31.2 Å². The molecular formula is C15H22O2. The van der Waals surface area contributed by atoms with Crippen molar-refractivity contribution < 1.29 is 10.2 Å². The molecular weight excluding hydrogens is 212 g/mol. The topological polar surface area (TPSA) is 40.5 Å². The summed E-state index contributed by atoms with van der Waals surface area (Å²) in [6, 6.07) is 8.09. The predicted molar refractivity (Wildman–Crippen MR) is 68.7 cm³/mol. The Bertz CT molecular complexity index is 384. The average molecular weight is 234 g/mol. The van der Waals surface area contributed by atoms with Crippen LogP contribution in [0.2, 0.25) is 0 Å². The highest BCUT2D eigenvalue weighted by atomic mass is 16.3. The zero-order valence-corrected chi connectivity index (χ0v) is 10.7. The minimum atomic E-state index is -0.655. The Kier molecular flexibility index (Phi) is 3.55. The summed E-state index contributed by atoms with van der Waals surface area (Å²) in [4.78, 5) is 0. The molecule has 2 N–H and O–H groups in total. The summed E-state index contributed by atoms with van der Waals surface area (Å²) in [6.07, 6.45) is 2.97. The summed E-state index contributed by atoms with van der Waals surface area (Å²) >= 11 is 0. The third-order valence-corrected chi connectivity index (χ3v) is 4.07. The van der Waals surface area contributed by atoms with Crippen LogP contribution in [-0.2, 0) is 6.42 Å². The second-order valence-corrected chi connectivity index (χ2v) is 5.50. The fourth-order valence-electron chi connectivity index (χ4n) is 2.73. The van der Waals surface area contributed by atoms with E-state index in [9.17, 15) is 10.2 Å². The van der Waals surface area contributed by atoms with Crippen molar-refractivity contribution in [2.45, 2.75) is 51.2 Å². The lowest BCUT2D eigenvalue weighted by Gasteiger charge is -2.34. The lowest BCUT2D eigenvalue weighted by atomic mass is 9.76. The molecule has 0 saturated heterocycles. The summed E-state index contributed by atoms with van der Waals surface area (Å²) in [7, 11) is 0. The highest BCUT2D eigenvalue weighted by Gasteiger charge is 2.32. The molecule has 2 rings (SSSR count). The van der Waals surface area contributed by atoms with E-state index < -0.39 is 11.7 Å². The third kappa shape index (κ3) is 2.70. The molecule has 0 heterocycles. The van der Waals surface area contributed by atoms with Crippen LogP contribution in [0.1, 0.15) is 50.3 Å². The van der Waals surface area contributed by atoms with E-state index in [1.165, 1.54) is 5.56 Å². The predicted octanol–water partition coefficient (Wildman–Crippen LogP) is 2.83. The summed E-state index contributed by atoms with van der Waals surface area (Å²) in [5.74, 6) is 0.180. The molecule has 1 aromatic rings. The van der Waals surface area contributed by atoms with E-state index >= 15 is 0 Å². The van der Waals surface area contributed by atoms with Crippen LogP contribution in [0.5, 0.6) is 0 Å². The number of benzene rings is 1. The van der Waals surface area contributed by atoms with E-state index in [0.29, 0.717) is 6.42 Å². The number of aliphatic hydroxyl groups is 2. The van der Waals surface area contributed by atoms with Gasteiger partial charge in [0.2, 0.25) is 0 Å². The van der Waals surface area contributed by atoms with Gasteiger partial charge in [0.15, 0.2) is 0 Å². The first-order chi connectivity index (χ1) is 8.03. The minimum absolute atomic E-state index is 0.180. The van der Waals surface area contributed by atoms with Crippen LogP contribution in [-0.4, -0.2) is 15.8 Å². The second kappa shape index (κ2) is 4.79. The van der Waals surface area contributed by atoms with Gasteiger partial charge in [-0.15, -0.1) is 0 Å². The summed E-state index contributed by atoms with van der Waals surface area (Å²) in [6.45, 7) is 3.85. The van der Waals surface area contributed by atoms with Crippen molar-refractivity contribution in [2.75, 3.05) is 0 Å². The van der Waals surface area contributed by atoms with Gasteiger partial charge >= 0.3 is 0 Å². The van der Waals surface area contributed by atoms with Crippen molar-refractivity contribution in [1.29, 1.82) is 0 Å². The molecule has 0 bridgehead atoms. The number of fused-ring (bicyclic) bond motifs is 1. The summed E-state index contributed by atoms with van der Waals surface area (Å²) in [5.41, 5.74) is 1.65. The number of hydrogen-bond donors (Lipinski definition) is 2. The van der Waals surface area contributed by atoms with Gasteiger partial charge in [-0.2, -0.15) is 0 Å². The third-order valence-electron chi connectivity index (χ3n) is 4.07. The summed E-state index contributed by atoms with van der Waals surface area (Å²) in [5, 5.41) is 20.5. The standard InChI is InChI=1S/C15H22O2/c1-3-15(2,17)10-12-9-8-11-6-4-5-7-13(11)14(12)16/h4-7,12,14,16-17H,3,8-10H2,1-2H3. The zero-order chi connectivity index (χ0) is 12.5. The first kappa shape index (κ1) is 12.6. The number of aryl methyl sites for hydroxylation is 1. The van der Waals surface area contributed by atoms with Crippen molar-refractivity contribution in [3.63, 3.8) is 0 Å². The van der Waals surface area contributed by atoms with Crippen LogP contribution in [0.15, 0.2) is 24.3 Å². The molecule has 3 atom stereocenters. The van der Waals surface area contributed by atoms with Gasteiger partial charge in [0, 0.05) is 0 Å². The lowest BCUT2D eigenvalue weighted by molar-refractivity contribution is -0.00833. The Labute approximate surface area is 103 Å². The molecule has 0 spiro atoms. The van der Waals surface area contributed by atoms with Gasteiger partial charge in [0.1, 0.15) is 0 Å². The highest BCUT2D eigenvalue weighted by Crippen LogP contribution is 2.38. The molecule has 1 aliphatic carbocycles. The van der Waals surface area contributed by atoms with E-state index in [-0.39, 0.29) is 5.92 Å². The smallest absolute Gasteiger partial charge is 0.0822 e. The van der Waals surface area contributed by atoms with Gasteiger partial charge < -0.3 is 10.2 Å². The van der Waals surface area contributed by atoms with Crippen LogP contribution in [0.25, 0.3) is 0 Å². The van der Waals surface area contributed by atoms with E-state index in [4.69, 9.17) is 0 Å². The van der Waals surface area contributed by atoms with Gasteiger partial charge in [-0.25, -0.2) is 0 Å². The maximum Gasteiger partial charge on any atom is 0.0822 e. The van der Waals surface area contributed by atoms with E-state index in [1.54, 1.807) is 0 Å². The Balaban J connectivity index is 2.15. The van der Waals surface area contributed by atoms with Gasteiger partial charge in [-0.05, 0) is 49.7 Å². The fourth-order valence-corrected chi connectivity index (χ4v) is 2.73. The molecule has 1 aromatic carbocycles. The Hall–Kier alpha value is -0.860. The lowest BCUT2D eigenvalue weighted by Crippen LogP contribution is -2.31. The highest BCUT2D eigenvalue weighted by molar-refractivity contribution is 5.31.